The minimum absolute atomic E-state index is 0.281. The Kier molecular flexibility index (Phi) is 5.51. The van der Waals surface area contributed by atoms with Gasteiger partial charge < -0.3 is 23.9 Å². The quantitative estimate of drug-likeness (QED) is 0.429. The van der Waals surface area contributed by atoms with E-state index in [0.29, 0.717) is 29.0 Å². The molecular weight excluding hydrogens is 456 g/mol. The standard InChI is InChI=1S/C28H28N4O4/c1-18-5-4-14-31(18)28-29-23-11-10-21(15-26(23)36-28)32-17-22(27(34)35)25(33)16-24(32)19-6-8-20(9-7-19)30-12-2-3-13-30/h6-11,15-18H,2-5,12-14H2,1H3,(H,34,35). The summed E-state index contributed by atoms with van der Waals surface area (Å²) >= 11 is 0. The number of pyridine rings is 1. The molecule has 0 saturated carbocycles. The van der Waals surface area contributed by atoms with Gasteiger partial charge in [0.15, 0.2) is 11.0 Å². The highest BCUT2D eigenvalue weighted by atomic mass is 16.4. The average Bonchev–Trinajstić information content (AvgIpc) is 3.64. The maximum Gasteiger partial charge on any atom is 0.341 e. The maximum absolute atomic E-state index is 12.7. The molecule has 2 fully saturated rings. The molecule has 8 heteroatoms. The third kappa shape index (κ3) is 3.92. The number of nitrogens with zero attached hydrogens (tertiary/aromatic N) is 4. The maximum atomic E-state index is 12.7. The highest BCUT2D eigenvalue weighted by Gasteiger charge is 2.25. The molecule has 0 spiro atoms. The number of aromatic carboxylic acids is 1. The van der Waals surface area contributed by atoms with E-state index in [1.54, 1.807) is 4.57 Å². The smallest absolute Gasteiger partial charge is 0.341 e. The summed E-state index contributed by atoms with van der Waals surface area (Å²) in [5.41, 5.74) is 3.85. The Morgan fingerprint density at radius 3 is 2.44 bits per heavy atom. The predicted molar refractivity (Wildman–Crippen MR) is 139 cm³/mol. The van der Waals surface area contributed by atoms with Crippen molar-refractivity contribution in [2.45, 2.75) is 38.6 Å². The second kappa shape index (κ2) is 8.86. The molecule has 0 bridgehead atoms. The lowest BCUT2D eigenvalue weighted by atomic mass is 10.1. The molecule has 0 radical (unpaired) electrons. The van der Waals surface area contributed by atoms with Crippen LogP contribution < -0.4 is 15.2 Å². The average molecular weight is 485 g/mol. The van der Waals surface area contributed by atoms with Crippen LogP contribution in [0.4, 0.5) is 11.7 Å². The van der Waals surface area contributed by atoms with Crippen LogP contribution in [0.5, 0.6) is 0 Å². The van der Waals surface area contributed by atoms with Gasteiger partial charge in [-0.2, -0.15) is 4.98 Å². The molecule has 36 heavy (non-hydrogen) atoms. The zero-order chi connectivity index (χ0) is 24.8. The van der Waals surface area contributed by atoms with Gasteiger partial charge in [0.1, 0.15) is 11.1 Å². The normalized spacial score (nSPS) is 17.9. The Labute approximate surface area is 208 Å². The molecule has 4 heterocycles. The molecule has 1 atom stereocenters. The number of carbonyl (C=O) groups is 1. The van der Waals surface area contributed by atoms with Gasteiger partial charge in [0.05, 0.1) is 5.69 Å². The van der Waals surface area contributed by atoms with Gasteiger partial charge >= 0.3 is 5.97 Å². The fourth-order valence-corrected chi connectivity index (χ4v) is 5.34. The number of rotatable bonds is 5. The minimum atomic E-state index is -1.25. The van der Waals surface area contributed by atoms with E-state index in [1.165, 1.54) is 25.1 Å². The van der Waals surface area contributed by atoms with Crippen molar-refractivity contribution in [3.63, 3.8) is 0 Å². The zero-order valence-corrected chi connectivity index (χ0v) is 20.2. The molecule has 2 aliphatic rings. The van der Waals surface area contributed by atoms with Gasteiger partial charge in [0, 0.05) is 55.4 Å². The molecule has 8 nitrogen and oxygen atoms in total. The lowest BCUT2D eigenvalue weighted by Gasteiger charge is -2.19. The fraction of sp³-hybridized carbons (Fsp3) is 0.321. The van der Waals surface area contributed by atoms with Crippen LogP contribution in [-0.4, -0.2) is 46.3 Å². The molecule has 2 aliphatic heterocycles. The number of oxazole rings is 1. The van der Waals surface area contributed by atoms with Crippen molar-refractivity contribution in [2.75, 3.05) is 29.4 Å². The van der Waals surface area contributed by atoms with E-state index in [9.17, 15) is 14.7 Å². The van der Waals surface area contributed by atoms with Crippen LogP contribution in [0.2, 0.25) is 0 Å². The monoisotopic (exact) mass is 484 g/mol. The third-order valence-corrected chi connectivity index (χ3v) is 7.35. The summed E-state index contributed by atoms with van der Waals surface area (Å²) in [5.74, 6) is -1.25. The Morgan fingerprint density at radius 1 is 1.00 bits per heavy atom. The molecule has 184 valence electrons. The molecule has 6 rings (SSSR count). The topological polar surface area (TPSA) is 91.8 Å². The molecule has 2 aromatic heterocycles. The number of hydrogen-bond acceptors (Lipinski definition) is 6. The van der Waals surface area contributed by atoms with E-state index in [0.717, 1.165) is 49.2 Å². The number of carboxylic acids is 1. The highest BCUT2D eigenvalue weighted by molar-refractivity contribution is 5.88. The molecule has 1 N–H and O–H groups in total. The largest absolute Gasteiger partial charge is 0.477 e. The van der Waals surface area contributed by atoms with Gasteiger partial charge in [-0.05, 0) is 62.4 Å². The number of anilines is 2. The second-order valence-electron chi connectivity index (χ2n) is 9.69. The Balaban J connectivity index is 1.44. The van der Waals surface area contributed by atoms with Crippen LogP contribution in [0.1, 0.15) is 43.0 Å². The van der Waals surface area contributed by atoms with Gasteiger partial charge in [-0.15, -0.1) is 0 Å². The molecular formula is C28H28N4O4. The van der Waals surface area contributed by atoms with Crippen molar-refractivity contribution in [2.24, 2.45) is 0 Å². The SMILES string of the molecule is CC1CCCN1c1nc2ccc(-n3cc(C(=O)O)c(=O)cc3-c3ccc(N4CCCC4)cc3)cc2o1. The molecule has 0 aliphatic carbocycles. The van der Waals surface area contributed by atoms with Gasteiger partial charge in [-0.1, -0.05) is 12.1 Å². The first-order valence-corrected chi connectivity index (χ1v) is 12.5. The second-order valence-corrected chi connectivity index (χ2v) is 9.69. The van der Waals surface area contributed by atoms with Crippen LogP contribution in [0, 0.1) is 0 Å². The molecule has 4 aromatic rings. The third-order valence-electron chi connectivity index (χ3n) is 7.35. The minimum Gasteiger partial charge on any atom is -0.477 e. The Hall–Kier alpha value is -4.07. The fourth-order valence-electron chi connectivity index (χ4n) is 5.34. The highest BCUT2D eigenvalue weighted by Crippen LogP contribution is 2.31. The summed E-state index contributed by atoms with van der Waals surface area (Å²) in [6, 6.07) is 16.1. The van der Waals surface area contributed by atoms with Crippen LogP contribution in [0.25, 0.3) is 28.0 Å². The Morgan fingerprint density at radius 2 is 1.75 bits per heavy atom. The number of hydrogen-bond donors (Lipinski definition) is 1. The summed E-state index contributed by atoms with van der Waals surface area (Å²) in [6.07, 6.45) is 6.01. The van der Waals surface area contributed by atoms with E-state index in [4.69, 9.17) is 4.42 Å². The molecule has 0 amide bonds. The predicted octanol–water partition coefficient (Wildman–Crippen LogP) is 4.93. The van der Waals surface area contributed by atoms with Crippen molar-refractivity contribution < 1.29 is 14.3 Å². The van der Waals surface area contributed by atoms with Crippen LogP contribution in [0.3, 0.4) is 0 Å². The number of fused-ring (bicyclic) bond motifs is 1. The zero-order valence-electron chi connectivity index (χ0n) is 20.2. The first-order valence-electron chi connectivity index (χ1n) is 12.5. The summed E-state index contributed by atoms with van der Waals surface area (Å²) in [6.45, 7) is 5.18. The van der Waals surface area contributed by atoms with Crippen molar-refractivity contribution >= 4 is 28.8 Å². The van der Waals surface area contributed by atoms with Gasteiger partial charge in [0.2, 0.25) is 0 Å². The summed E-state index contributed by atoms with van der Waals surface area (Å²) < 4.78 is 7.87. The van der Waals surface area contributed by atoms with Crippen molar-refractivity contribution in [1.82, 2.24) is 9.55 Å². The van der Waals surface area contributed by atoms with Crippen molar-refractivity contribution in [1.29, 1.82) is 0 Å². The lowest BCUT2D eigenvalue weighted by Crippen LogP contribution is -2.26. The van der Waals surface area contributed by atoms with Gasteiger partial charge in [-0.25, -0.2) is 4.79 Å². The van der Waals surface area contributed by atoms with Crippen molar-refractivity contribution in [3.8, 4) is 16.9 Å². The summed E-state index contributed by atoms with van der Waals surface area (Å²) in [7, 11) is 0. The van der Waals surface area contributed by atoms with Crippen molar-refractivity contribution in [3.05, 3.63) is 70.5 Å². The van der Waals surface area contributed by atoms with Crippen LogP contribution in [0.15, 0.2) is 63.9 Å². The van der Waals surface area contributed by atoms with Gasteiger partial charge in [0.25, 0.3) is 6.01 Å². The number of aromatic nitrogens is 2. The Bertz CT molecular complexity index is 1500. The first-order chi connectivity index (χ1) is 17.5. The van der Waals surface area contributed by atoms with Gasteiger partial charge in [-0.3, -0.25) is 4.79 Å². The van der Waals surface area contributed by atoms with Crippen LogP contribution in [-0.2, 0) is 0 Å². The van der Waals surface area contributed by atoms with E-state index >= 15 is 0 Å². The van der Waals surface area contributed by atoms with E-state index in [1.807, 2.05) is 30.3 Å². The summed E-state index contributed by atoms with van der Waals surface area (Å²) in [5, 5.41) is 9.62. The van der Waals surface area contributed by atoms with E-state index in [2.05, 4.69) is 33.8 Å². The number of carboxylic acid groups (broad SMARTS) is 1. The first kappa shape index (κ1) is 22.4. The van der Waals surface area contributed by atoms with Crippen LogP contribution >= 0.6 is 0 Å². The van der Waals surface area contributed by atoms with E-state index in [-0.39, 0.29) is 5.56 Å². The molecule has 2 aromatic carbocycles. The lowest BCUT2D eigenvalue weighted by molar-refractivity contribution is 0.0695. The molecule has 2 saturated heterocycles. The van der Waals surface area contributed by atoms with E-state index < -0.39 is 11.4 Å². The number of benzene rings is 2. The molecule has 1 unspecified atom stereocenters. The summed E-state index contributed by atoms with van der Waals surface area (Å²) in [4.78, 5) is 33.6.